The van der Waals surface area contributed by atoms with Crippen molar-refractivity contribution in [3.8, 4) is 0 Å². The Labute approximate surface area is 139 Å². The molecule has 0 aromatic heterocycles. The van der Waals surface area contributed by atoms with Crippen LogP contribution < -0.4 is 34.7 Å². The molecule has 1 fully saturated rings. The predicted octanol–water partition coefficient (Wildman–Crippen LogP) is -4.38. The maximum atomic E-state index is 12.0. The summed E-state index contributed by atoms with van der Waals surface area (Å²) in [5, 5.41) is 30.8. The number of hydrogen-bond donors (Lipinski definition) is 2. The average Bonchev–Trinajstić information content (AvgIpc) is 2.57. The summed E-state index contributed by atoms with van der Waals surface area (Å²) in [6.45, 7) is 5.02. The minimum atomic E-state index is -1.45. The van der Waals surface area contributed by atoms with Crippen LogP contribution in [-0.4, -0.2) is 45.2 Å². The number of carboxylic acids is 1. The van der Waals surface area contributed by atoms with E-state index in [4.69, 9.17) is 0 Å². The van der Waals surface area contributed by atoms with Crippen molar-refractivity contribution in [3.05, 3.63) is 11.3 Å². The van der Waals surface area contributed by atoms with Gasteiger partial charge in [0.25, 0.3) is 0 Å². The molecule has 0 saturated carbocycles. The number of aliphatic carboxylic acids is 1. The van der Waals surface area contributed by atoms with Gasteiger partial charge in [0, 0.05) is 5.92 Å². The fourth-order valence-electron chi connectivity index (χ4n) is 3.25. The van der Waals surface area contributed by atoms with Crippen LogP contribution in [0.3, 0.4) is 0 Å². The van der Waals surface area contributed by atoms with Crippen molar-refractivity contribution in [1.29, 1.82) is 0 Å². The third-order valence-electron chi connectivity index (χ3n) is 4.16. The molecule has 2 rings (SSSR count). The Kier molecular flexibility index (Phi) is 5.43. The number of rotatable bonds is 4. The van der Waals surface area contributed by atoms with Crippen LogP contribution in [0.15, 0.2) is 11.3 Å². The van der Waals surface area contributed by atoms with Crippen molar-refractivity contribution in [2.45, 2.75) is 45.4 Å². The van der Waals surface area contributed by atoms with Crippen LogP contribution in [0.4, 0.5) is 0 Å². The molecule has 0 aliphatic carbocycles. The van der Waals surface area contributed by atoms with Crippen LogP contribution in [-0.2, 0) is 9.59 Å². The van der Waals surface area contributed by atoms with Gasteiger partial charge in [0.15, 0.2) is 0 Å². The molecule has 1 amide bonds. The van der Waals surface area contributed by atoms with Crippen LogP contribution >= 0.6 is 0 Å². The monoisotopic (exact) mass is 291 g/mol. The molecule has 6 nitrogen and oxygen atoms in total. The van der Waals surface area contributed by atoms with E-state index in [9.17, 15) is 24.9 Å². The zero-order chi connectivity index (χ0) is 14.5. The van der Waals surface area contributed by atoms with Gasteiger partial charge in [-0.3, -0.25) is 4.79 Å². The number of amides is 1. The Hall–Kier alpha value is -0.400. The number of aliphatic hydroxyl groups is 2. The van der Waals surface area contributed by atoms with Gasteiger partial charge < -0.3 is 25.0 Å². The molecule has 2 aliphatic rings. The van der Waals surface area contributed by atoms with E-state index in [0.29, 0.717) is 12.0 Å². The first-order valence-corrected chi connectivity index (χ1v) is 6.47. The average molecular weight is 291 g/mol. The summed E-state index contributed by atoms with van der Waals surface area (Å²) in [5.74, 6) is -2.76. The van der Waals surface area contributed by atoms with Crippen molar-refractivity contribution in [2.24, 2.45) is 11.8 Å². The van der Waals surface area contributed by atoms with E-state index in [0.717, 1.165) is 4.90 Å². The van der Waals surface area contributed by atoms with Crippen LogP contribution in [0, 0.1) is 11.8 Å². The predicted molar refractivity (Wildman–Crippen MR) is 63.3 cm³/mol. The Balaban J connectivity index is 0.00000200. The summed E-state index contributed by atoms with van der Waals surface area (Å²) in [6, 6.07) is -0.392. The molecule has 0 aromatic carbocycles. The summed E-state index contributed by atoms with van der Waals surface area (Å²) >= 11 is 0. The van der Waals surface area contributed by atoms with E-state index in [1.807, 2.05) is 0 Å². The second-order valence-electron chi connectivity index (χ2n) is 5.27. The molecule has 0 spiro atoms. The van der Waals surface area contributed by atoms with E-state index >= 15 is 0 Å². The Morgan fingerprint density at radius 2 is 2.00 bits per heavy atom. The Morgan fingerprint density at radius 3 is 2.40 bits per heavy atom. The number of aliphatic hydroxyl groups excluding tert-OH is 2. The SMILES string of the molecule is CC[C@H](O)C1=C(C(=O)[O-])N2C(=O)[C@H]([C@@H](C)O)C2[C@H]1C.[Na+]. The largest absolute Gasteiger partial charge is 1.00 e. The van der Waals surface area contributed by atoms with E-state index in [-0.39, 0.29) is 41.2 Å². The van der Waals surface area contributed by atoms with Gasteiger partial charge >= 0.3 is 29.6 Å². The molecule has 1 unspecified atom stereocenters. The molecule has 2 N–H and O–H groups in total. The molecule has 1 saturated heterocycles. The van der Waals surface area contributed by atoms with Gasteiger partial charge in [-0.1, -0.05) is 13.8 Å². The molecule has 0 bridgehead atoms. The summed E-state index contributed by atoms with van der Waals surface area (Å²) < 4.78 is 0. The topological polar surface area (TPSA) is 101 Å². The first kappa shape index (κ1) is 17.7. The molecule has 0 radical (unpaired) electrons. The molecule has 7 heteroatoms. The van der Waals surface area contributed by atoms with Gasteiger partial charge in [-0.2, -0.15) is 0 Å². The second kappa shape index (κ2) is 6.15. The smallest absolute Gasteiger partial charge is 0.543 e. The number of nitrogens with zero attached hydrogens (tertiary/aromatic N) is 1. The Morgan fingerprint density at radius 1 is 1.45 bits per heavy atom. The minimum Gasteiger partial charge on any atom is -0.543 e. The summed E-state index contributed by atoms with van der Waals surface area (Å²) in [5.41, 5.74) is 0.123. The Bertz CT molecular complexity index is 462. The van der Waals surface area contributed by atoms with Gasteiger partial charge in [0.05, 0.1) is 35.8 Å². The van der Waals surface area contributed by atoms with Crippen molar-refractivity contribution in [3.63, 3.8) is 0 Å². The summed E-state index contributed by atoms with van der Waals surface area (Å²) in [4.78, 5) is 24.4. The first-order valence-electron chi connectivity index (χ1n) is 6.47. The fraction of sp³-hybridized carbons (Fsp3) is 0.692. The first-order chi connectivity index (χ1) is 8.82. The van der Waals surface area contributed by atoms with Crippen molar-refractivity contribution >= 4 is 11.9 Å². The number of carbonyl (C=O) groups excluding carboxylic acids is 2. The standard InChI is InChI=1S/C13H19NO5.Na/c1-4-7(16)8-5(2)10-9(6(3)15)12(17)14(10)11(8)13(18)19;/h5-7,9-10,15-16H,4H2,1-3H3,(H,18,19);/q;+1/p-1/t5-,6+,7-,9+,10?;/m0./s1. The quantitative estimate of drug-likeness (QED) is 0.402. The number of carboxylic acid groups (broad SMARTS) is 1. The molecule has 20 heavy (non-hydrogen) atoms. The summed E-state index contributed by atoms with van der Waals surface area (Å²) in [6.07, 6.45) is -1.38. The van der Waals surface area contributed by atoms with E-state index in [1.54, 1.807) is 13.8 Å². The zero-order valence-corrected chi connectivity index (χ0v) is 14.2. The van der Waals surface area contributed by atoms with E-state index < -0.39 is 36.0 Å². The summed E-state index contributed by atoms with van der Waals surface area (Å²) in [7, 11) is 0. The molecule has 2 heterocycles. The number of hydrogen-bond acceptors (Lipinski definition) is 5. The van der Waals surface area contributed by atoms with Gasteiger partial charge in [0.2, 0.25) is 5.91 Å². The maximum Gasteiger partial charge on any atom is 1.00 e. The molecule has 106 valence electrons. The minimum absolute atomic E-state index is 0. The van der Waals surface area contributed by atoms with Gasteiger partial charge in [-0.05, 0) is 18.9 Å². The number of fused-ring (bicyclic) bond motifs is 1. The molecule has 0 aromatic rings. The third-order valence-corrected chi connectivity index (χ3v) is 4.16. The number of β-lactam (4-membered cyclic amide) rings is 1. The molecular formula is C13H18NNaO5. The van der Waals surface area contributed by atoms with Crippen molar-refractivity contribution in [2.75, 3.05) is 0 Å². The molecule has 2 aliphatic heterocycles. The molecular weight excluding hydrogens is 273 g/mol. The van der Waals surface area contributed by atoms with Crippen LogP contribution in [0.2, 0.25) is 0 Å². The maximum absolute atomic E-state index is 12.0. The van der Waals surface area contributed by atoms with Crippen molar-refractivity contribution < 1.29 is 54.5 Å². The molecule has 5 atom stereocenters. The van der Waals surface area contributed by atoms with Crippen molar-refractivity contribution in [1.82, 2.24) is 4.90 Å². The van der Waals surface area contributed by atoms with Crippen LogP contribution in [0.5, 0.6) is 0 Å². The van der Waals surface area contributed by atoms with E-state index in [2.05, 4.69) is 0 Å². The van der Waals surface area contributed by atoms with Gasteiger partial charge in [-0.25, -0.2) is 0 Å². The fourth-order valence-corrected chi connectivity index (χ4v) is 3.25. The van der Waals surface area contributed by atoms with Gasteiger partial charge in [0.1, 0.15) is 0 Å². The van der Waals surface area contributed by atoms with Gasteiger partial charge in [-0.15, -0.1) is 0 Å². The number of carbonyl (C=O) groups is 2. The second-order valence-corrected chi connectivity index (χ2v) is 5.27. The van der Waals surface area contributed by atoms with E-state index in [1.165, 1.54) is 6.92 Å². The normalized spacial score (nSPS) is 31.4. The zero-order valence-electron chi connectivity index (χ0n) is 12.2. The third kappa shape index (κ3) is 2.33. The van der Waals surface area contributed by atoms with Crippen LogP contribution in [0.1, 0.15) is 27.2 Å². The van der Waals surface area contributed by atoms with Crippen LogP contribution in [0.25, 0.3) is 0 Å².